The lowest BCUT2D eigenvalue weighted by atomic mass is 10.3. The van der Waals surface area contributed by atoms with E-state index in [1.54, 1.807) is 0 Å². The van der Waals surface area contributed by atoms with Crippen LogP contribution in [0.15, 0.2) is 0 Å². The minimum Gasteiger partial charge on any atom is -0.484 e. The molecule has 0 fully saturated rings. The second-order valence-corrected chi connectivity index (χ2v) is 2.12. The first-order chi connectivity index (χ1) is 3.72. The fourth-order valence-corrected chi connectivity index (χ4v) is 0.427. The number of ether oxygens (including phenoxy) is 1. The molecule has 0 radical (unpaired) electrons. The standard InChI is InChI=1S/C5H11NOS/c1-3-4(8)5(6)7-2/h4,6,8H,3H2,1-2H3. The molecule has 48 valence electrons. The highest BCUT2D eigenvalue weighted by molar-refractivity contribution is 7.81. The maximum atomic E-state index is 7.04. The zero-order chi connectivity index (χ0) is 6.57. The van der Waals surface area contributed by atoms with E-state index < -0.39 is 0 Å². The van der Waals surface area contributed by atoms with Crippen molar-refractivity contribution in [3.8, 4) is 0 Å². The Kier molecular flexibility index (Phi) is 3.69. The molecule has 2 nitrogen and oxygen atoms in total. The van der Waals surface area contributed by atoms with Crippen molar-refractivity contribution in [2.75, 3.05) is 7.11 Å². The van der Waals surface area contributed by atoms with Crippen molar-refractivity contribution in [3.63, 3.8) is 0 Å². The van der Waals surface area contributed by atoms with Gasteiger partial charge in [0.05, 0.1) is 12.4 Å². The first kappa shape index (κ1) is 7.82. The van der Waals surface area contributed by atoms with E-state index in [1.165, 1.54) is 7.11 Å². The van der Waals surface area contributed by atoms with E-state index in [0.29, 0.717) is 0 Å². The Hall–Kier alpha value is -0.180. The predicted octanol–water partition coefficient (Wildman–Crippen LogP) is 1.32. The van der Waals surface area contributed by atoms with Gasteiger partial charge in [-0.1, -0.05) is 6.92 Å². The molecule has 0 amide bonds. The number of methoxy groups -OCH3 is 1. The molecule has 0 heterocycles. The normalized spacial score (nSPS) is 12.9. The van der Waals surface area contributed by atoms with Crippen LogP contribution in [0.3, 0.4) is 0 Å². The molecule has 0 saturated heterocycles. The van der Waals surface area contributed by atoms with Crippen LogP contribution in [-0.2, 0) is 4.74 Å². The minimum absolute atomic E-state index is 0.0278. The van der Waals surface area contributed by atoms with Crippen molar-refractivity contribution in [2.45, 2.75) is 18.6 Å². The second-order valence-electron chi connectivity index (χ2n) is 1.49. The van der Waals surface area contributed by atoms with Gasteiger partial charge in [0.1, 0.15) is 0 Å². The van der Waals surface area contributed by atoms with Gasteiger partial charge in [0.2, 0.25) is 0 Å². The van der Waals surface area contributed by atoms with E-state index in [2.05, 4.69) is 17.4 Å². The van der Waals surface area contributed by atoms with Crippen LogP contribution in [0.25, 0.3) is 0 Å². The topological polar surface area (TPSA) is 33.1 Å². The number of nitrogens with one attached hydrogen (secondary N) is 1. The molecule has 0 aromatic rings. The average Bonchev–Trinajstić information content (AvgIpc) is 1.84. The lowest BCUT2D eigenvalue weighted by Gasteiger charge is -2.05. The summed E-state index contributed by atoms with van der Waals surface area (Å²) in [4.78, 5) is 0. The smallest absolute Gasteiger partial charge is 0.193 e. The molecule has 0 aliphatic rings. The lowest BCUT2D eigenvalue weighted by molar-refractivity contribution is 0.387. The van der Waals surface area contributed by atoms with Crippen LogP contribution in [0, 0.1) is 5.41 Å². The molecule has 8 heavy (non-hydrogen) atoms. The lowest BCUT2D eigenvalue weighted by Crippen LogP contribution is -2.13. The Morgan fingerprint density at radius 3 is 2.50 bits per heavy atom. The van der Waals surface area contributed by atoms with Gasteiger partial charge in [-0.25, -0.2) is 0 Å². The molecule has 1 unspecified atom stereocenters. The van der Waals surface area contributed by atoms with Gasteiger partial charge in [-0.15, -0.1) is 0 Å². The first-order valence-corrected chi connectivity index (χ1v) is 3.04. The van der Waals surface area contributed by atoms with E-state index in [0.717, 1.165) is 6.42 Å². The Balaban J connectivity index is 3.46. The molecule has 0 aliphatic carbocycles. The molecular weight excluding hydrogens is 122 g/mol. The molecule has 0 aromatic carbocycles. The van der Waals surface area contributed by atoms with Crippen LogP contribution in [0.1, 0.15) is 13.3 Å². The Labute approximate surface area is 55.2 Å². The summed E-state index contributed by atoms with van der Waals surface area (Å²) in [6.07, 6.45) is 0.843. The molecule has 0 aliphatic heterocycles. The van der Waals surface area contributed by atoms with Crippen LogP contribution in [0.5, 0.6) is 0 Å². The van der Waals surface area contributed by atoms with Crippen molar-refractivity contribution in [3.05, 3.63) is 0 Å². The summed E-state index contributed by atoms with van der Waals surface area (Å²) in [5, 5.41) is 7.02. The zero-order valence-corrected chi connectivity index (χ0v) is 6.03. The molecular formula is C5H11NOS. The van der Waals surface area contributed by atoms with E-state index in [9.17, 15) is 0 Å². The maximum Gasteiger partial charge on any atom is 0.193 e. The van der Waals surface area contributed by atoms with Crippen LogP contribution in [-0.4, -0.2) is 18.3 Å². The largest absolute Gasteiger partial charge is 0.484 e. The van der Waals surface area contributed by atoms with Crippen molar-refractivity contribution in [1.29, 1.82) is 5.41 Å². The van der Waals surface area contributed by atoms with Crippen LogP contribution < -0.4 is 0 Å². The summed E-state index contributed by atoms with van der Waals surface area (Å²) in [7, 11) is 1.49. The van der Waals surface area contributed by atoms with Crippen molar-refractivity contribution >= 4 is 18.5 Å². The summed E-state index contributed by atoms with van der Waals surface area (Å²) in [6.45, 7) is 1.96. The van der Waals surface area contributed by atoms with Crippen molar-refractivity contribution in [1.82, 2.24) is 0 Å². The van der Waals surface area contributed by atoms with Gasteiger partial charge >= 0.3 is 0 Å². The van der Waals surface area contributed by atoms with Crippen LogP contribution in [0.2, 0.25) is 0 Å². The summed E-state index contributed by atoms with van der Waals surface area (Å²) in [6, 6.07) is 0. The second kappa shape index (κ2) is 3.78. The first-order valence-electron chi connectivity index (χ1n) is 2.52. The van der Waals surface area contributed by atoms with Gasteiger partial charge in [-0.3, -0.25) is 5.41 Å². The van der Waals surface area contributed by atoms with Gasteiger partial charge in [0.15, 0.2) is 5.90 Å². The molecule has 1 atom stereocenters. The number of hydrogen-bond acceptors (Lipinski definition) is 3. The summed E-state index contributed by atoms with van der Waals surface area (Å²) >= 11 is 4.06. The van der Waals surface area contributed by atoms with Crippen LogP contribution >= 0.6 is 12.6 Å². The molecule has 0 saturated carbocycles. The van der Waals surface area contributed by atoms with E-state index in [-0.39, 0.29) is 11.1 Å². The summed E-state index contributed by atoms with van der Waals surface area (Å²) in [5.74, 6) is 0.246. The third kappa shape index (κ3) is 2.21. The van der Waals surface area contributed by atoms with Crippen LogP contribution in [0.4, 0.5) is 0 Å². The van der Waals surface area contributed by atoms with Gasteiger partial charge < -0.3 is 4.74 Å². The Bertz CT molecular complexity index is 84.5. The molecule has 1 N–H and O–H groups in total. The van der Waals surface area contributed by atoms with Gasteiger partial charge in [0.25, 0.3) is 0 Å². The third-order valence-electron chi connectivity index (χ3n) is 0.909. The van der Waals surface area contributed by atoms with Gasteiger partial charge in [0, 0.05) is 0 Å². The molecule has 0 bridgehead atoms. The fourth-order valence-electron chi connectivity index (χ4n) is 0.321. The SMILES string of the molecule is CCC(S)C(=N)OC. The third-order valence-corrected chi connectivity index (χ3v) is 1.51. The summed E-state index contributed by atoms with van der Waals surface area (Å²) < 4.78 is 4.61. The highest BCUT2D eigenvalue weighted by Gasteiger charge is 2.04. The predicted molar refractivity (Wildman–Crippen MR) is 37.8 cm³/mol. The molecule has 3 heteroatoms. The van der Waals surface area contributed by atoms with Crippen molar-refractivity contribution < 1.29 is 4.74 Å². The van der Waals surface area contributed by atoms with E-state index >= 15 is 0 Å². The minimum atomic E-state index is -0.0278. The van der Waals surface area contributed by atoms with Gasteiger partial charge in [-0.05, 0) is 6.42 Å². The summed E-state index contributed by atoms with van der Waals surface area (Å²) in [5.41, 5.74) is 0. The monoisotopic (exact) mass is 133 g/mol. The molecule has 0 rings (SSSR count). The zero-order valence-electron chi connectivity index (χ0n) is 5.14. The number of hydrogen-bond donors (Lipinski definition) is 2. The van der Waals surface area contributed by atoms with Crippen molar-refractivity contribution in [2.24, 2.45) is 0 Å². The Morgan fingerprint density at radius 2 is 2.38 bits per heavy atom. The average molecular weight is 133 g/mol. The van der Waals surface area contributed by atoms with E-state index in [1.807, 2.05) is 6.92 Å². The van der Waals surface area contributed by atoms with Gasteiger partial charge in [-0.2, -0.15) is 12.6 Å². The highest BCUT2D eigenvalue weighted by Crippen LogP contribution is 2.01. The number of rotatable bonds is 2. The molecule has 0 spiro atoms. The Morgan fingerprint density at radius 1 is 1.88 bits per heavy atom. The molecule has 0 aromatic heterocycles. The van der Waals surface area contributed by atoms with E-state index in [4.69, 9.17) is 5.41 Å². The highest BCUT2D eigenvalue weighted by atomic mass is 32.1. The quantitative estimate of drug-likeness (QED) is 0.332. The fraction of sp³-hybridized carbons (Fsp3) is 0.800. The maximum absolute atomic E-state index is 7.04. The number of thiol groups is 1.